The minimum Gasteiger partial charge on any atom is -0.383 e. The normalized spacial score (nSPS) is 25.8. The number of nitrogens with two attached hydrogens (primary N) is 1. The first-order valence-electron chi connectivity index (χ1n) is 8.03. The van der Waals surface area contributed by atoms with Gasteiger partial charge in [0, 0.05) is 38.4 Å². The van der Waals surface area contributed by atoms with Gasteiger partial charge in [-0.25, -0.2) is 13.6 Å². The molecule has 0 aliphatic carbocycles. The predicted octanol–water partition coefficient (Wildman–Crippen LogP) is 0.461. The molecule has 10 heteroatoms. The zero-order valence-corrected chi connectivity index (χ0v) is 13.4. The molecule has 0 radical (unpaired) electrons. The Labute approximate surface area is 141 Å². The summed E-state index contributed by atoms with van der Waals surface area (Å²) >= 11 is 0. The van der Waals surface area contributed by atoms with Gasteiger partial charge in [0.15, 0.2) is 0 Å². The maximum absolute atomic E-state index is 14.4. The Balaban J connectivity index is 1.48. The Hall–Kier alpha value is -2.33. The summed E-state index contributed by atoms with van der Waals surface area (Å²) < 4.78 is 37.0. The maximum atomic E-state index is 14.4. The highest BCUT2D eigenvalue weighted by Crippen LogP contribution is 2.42. The van der Waals surface area contributed by atoms with Crippen molar-refractivity contribution in [3.05, 3.63) is 40.7 Å². The molecule has 4 heterocycles. The molecule has 1 fully saturated rings. The van der Waals surface area contributed by atoms with Crippen LogP contribution in [0.1, 0.15) is 18.3 Å². The monoisotopic (exact) mass is 352 g/mol. The van der Waals surface area contributed by atoms with Crippen LogP contribution in [-0.4, -0.2) is 49.3 Å². The molecule has 0 aromatic carbocycles. The topological polar surface area (TPSA) is 91.2 Å². The molecule has 2 aromatic heterocycles. The average molecular weight is 352 g/mol. The van der Waals surface area contributed by atoms with Crippen molar-refractivity contribution in [2.24, 2.45) is 0 Å². The van der Waals surface area contributed by atoms with Crippen molar-refractivity contribution >= 4 is 5.82 Å². The van der Waals surface area contributed by atoms with Gasteiger partial charge < -0.3 is 10.5 Å². The number of aromatic nitrogens is 4. The molecule has 0 saturated carbocycles. The SMILES string of the molecule is Nc1ccn(C2OC(CN3CCn4nccc4C3)CC2(F)F)c(=O)n1. The molecular formula is C15H18F2N6O2. The van der Waals surface area contributed by atoms with Crippen LogP contribution in [0.15, 0.2) is 29.3 Å². The Kier molecular flexibility index (Phi) is 3.80. The van der Waals surface area contributed by atoms with E-state index in [0.717, 1.165) is 16.8 Å². The lowest BCUT2D eigenvalue weighted by Gasteiger charge is -2.29. The molecular weight excluding hydrogens is 334 g/mol. The van der Waals surface area contributed by atoms with E-state index in [2.05, 4.69) is 15.0 Å². The Morgan fingerprint density at radius 1 is 1.36 bits per heavy atom. The Bertz CT molecular complexity index is 835. The van der Waals surface area contributed by atoms with E-state index in [4.69, 9.17) is 10.5 Å². The number of nitrogen functional groups attached to an aromatic ring is 1. The number of anilines is 1. The highest BCUT2D eigenvalue weighted by molar-refractivity contribution is 5.23. The molecule has 2 N–H and O–H groups in total. The van der Waals surface area contributed by atoms with Crippen LogP contribution >= 0.6 is 0 Å². The van der Waals surface area contributed by atoms with Gasteiger partial charge in [-0.05, 0) is 12.1 Å². The number of rotatable bonds is 3. The summed E-state index contributed by atoms with van der Waals surface area (Å²) in [6.07, 6.45) is 0.164. The smallest absolute Gasteiger partial charge is 0.351 e. The number of halogens is 2. The summed E-state index contributed by atoms with van der Waals surface area (Å²) in [5.74, 6) is -3.16. The molecule has 2 aliphatic heterocycles. The third kappa shape index (κ3) is 3.02. The van der Waals surface area contributed by atoms with Crippen LogP contribution in [0.25, 0.3) is 0 Å². The molecule has 2 unspecified atom stereocenters. The van der Waals surface area contributed by atoms with E-state index in [1.165, 1.54) is 12.3 Å². The van der Waals surface area contributed by atoms with Gasteiger partial charge in [0.2, 0.25) is 6.23 Å². The molecule has 1 saturated heterocycles. The largest absolute Gasteiger partial charge is 0.383 e. The number of fused-ring (bicyclic) bond motifs is 1. The van der Waals surface area contributed by atoms with Crippen LogP contribution in [-0.2, 0) is 17.8 Å². The summed E-state index contributed by atoms with van der Waals surface area (Å²) in [4.78, 5) is 17.4. The predicted molar refractivity (Wildman–Crippen MR) is 83.9 cm³/mol. The lowest BCUT2D eigenvalue weighted by Crippen LogP contribution is -2.39. The van der Waals surface area contributed by atoms with Gasteiger partial charge in [-0.2, -0.15) is 10.1 Å². The van der Waals surface area contributed by atoms with Crippen molar-refractivity contribution in [2.75, 3.05) is 18.8 Å². The molecule has 4 rings (SSSR count). The van der Waals surface area contributed by atoms with E-state index >= 15 is 0 Å². The van der Waals surface area contributed by atoms with Gasteiger partial charge in [0.1, 0.15) is 5.82 Å². The quantitative estimate of drug-likeness (QED) is 0.863. The number of ether oxygens (including phenoxy) is 1. The fourth-order valence-electron chi connectivity index (χ4n) is 3.40. The van der Waals surface area contributed by atoms with E-state index in [1.54, 1.807) is 6.20 Å². The number of hydrogen-bond acceptors (Lipinski definition) is 6. The van der Waals surface area contributed by atoms with Crippen LogP contribution in [0.4, 0.5) is 14.6 Å². The summed E-state index contributed by atoms with van der Waals surface area (Å²) in [5.41, 5.74) is 5.62. The molecule has 2 atom stereocenters. The standard InChI is InChI=1S/C15H18F2N6O2/c16-15(17)7-11(9-21-5-6-23-10(8-21)1-3-19-23)25-13(15)22-4-2-12(18)20-14(22)24/h1-4,11,13H,5-9H2,(H2,18,20,24). The van der Waals surface area contributed by atoms with Gasteiger partial charge >= 0.3 is 5.69 Å². The first kappa shape index (κ1) is 16.2. The fourth-order valence-corrected chi connectivity index (χ4v) is 3.40. The Morgan fingerprint density at radius 2 is 2.20 bits per heavy atom. The highest BCUT2D eigenvalue weighted by Gasteiger charge is 2.52. The second-order valence-electron chi connectivity index (χ2n) is 6.40. The van der Waals surface area contributed by atoms with Gasteiger partial charge in [-0.3, -0.25) is 14.1 Å². The van der Waals surface area contributed by atoms with E-state index in [-0.39, 0.29) is 5.82 Å². The highest BCUT2D eigenvalue weighted by atomic mass is 19.3. The van der Waals surface area contributed by atoms with Crippen molar-refractivity contribution < 1.29 is 13.5 Å². The van der Waals surface area contributed by atoms with Crippen molar-refractivity contribution in [3.63, 3.8) is 0 Å². The lowest BCUT2D eigenvalue weighted by atomic mass is 10.1. The molecule has 0 amide bonds. The number of nitrogens with zero attached hydrogens (tertiary/aromatic N) is 5. The second kappa shape index (κ2) is 5.88. The second-order valence-corrected chi connectivity index (χ2v) is 6.40. The minimum absolute atomic E-state index is 0.0101. The summed E-state index contributed by atoms with van der Waals surface area (Å²) in [6, 6.07) is 3.22. The Morgan fingerprint density at radius 3 is 3.00 bits per heavy atom. The maximum Gasteiger partial charge on any atom is 0.351 e. The number of hydrogen-bond donors (Lipinski definition) is 1. The van der Waals surface area contributed by atoms with Gasteiger partial charge in [0.05, 0.1) is 18.3 Å². The third-order valence-electron chi connectivity index (χ3n) is 4.57. The van der Waals surface area contributed by atoms with Crippen molar-refractivity contribution in [1.82, 2.24) is 24.2 Å². The van der Waals surface area contributed by atoms with Crippen molar-refractivity contribution in [3.8, 4) is 0 Å². The molecule has 2 aromatic rings. The molecule has 0 bridgehead atoms. The van der Waals surface area contributed by atoms with E-state index in [0.29, 0.717) is 19.6 Å². The molecule has 0 spiro atoms. The fraction of sp³-hybridized carbons (Fsp3) is 0.533. The van der Waals surface area contributed by atoms with E-state index < -0.39 is 30.4 Å². The first-order valence-corrected chi connectivity index (χ1v) is 8.03. The van der Waals surface area contributed by atoms with Crippen LogP contribution in [0.2, 0.25) is 0 Å². The summed E-state index contributed by atoms with van der Waals surface area (Å²) in [6.45, 7) is 2.44. The van der Waals surface area contributed by atoms with Crippen LogP contribution in [0.5, 0.6) is 0 Å². The van der Waals surface area contributed by atoms with Crippen LogP contribution in [0, 0.1) is 0 Å². The minimum atomic E-state index is -3.15. The van der Waals surface area contributed by atoms with Crippen LogP contribution < -0.4 is 11.4 Å². The lowest BCUT2D eigenvalue weighted by molar-refractivity contribution is -0.119. The molecule has 2 aliphatic rings. The first-order chi connectivity index (χ1) is 11.9. The van der Waals surface area contributed by atoms with E-state index in [9.17, 15) is 13.6 Å². The molecule has 8 nitrogen and oxygen atoms in total. The zero-order valence-electron chi connectivity index (χ0n) is 13.4. The van der Waals surface area contributed by atoms with E-state index in [1.807, 2.05) is 10.7 Å². The van der Waals surface area contributed by atoms with Gasteiger partial charge in [0.25, 0.3) is 5.92 Å². The van der Waals surface area contributed by atoms with Crippen molar-refractivity contribution in [1.29, 1.82) is 0 Å². The third-order valence-corrected chi connectivity index (χ3v) is 4.57. The number of alkyl halides is 2. The van der Waals surface area contributed by atoms with Gasteiger partial charge in [-0.1, -0.05) is 0 Å². The van der Waals surface area contributed by atoms with Gasteiger partial charge in [-0.15, -0.1) is 0 Å². The zero-order chi connectivity index (χ0) is 17.6. The van der Waals surface area contributed by atoms with Crippen LogP contribution in [0.3, 0.4) is 0 Å². The summed E-state index contributed by atoms with van der Waals surface area (Å²) in [5, 5.41) is 4.20. The summed E-state index contributed by atoms with van der Waals surface area (Å²) in [7, 11) is 0. The van der Waals surface area contributed by atoms with Crippen molar-refractivity contribution in [2.45, 2.75) is 37.8 Å². The average Bonchev–Trinajstić information content (AvgIpc) is 3.11. The molecule has 134 valence electrons. The molecule has 25 heavy (non-hydrogen) atoms.